The predicted molar refractivity (Wildman–Crippen MR) is 57.8 cm³/mol. The fourth-order valence-electron chi connectivity index (χ4n) is 1.42. The molecule has 0 radical (unpaired) electrons. The van der Waals surface area contributed by atoms with Crippen molar-refractivity contribution < 1.29 is 22.7 Å². The van der Waals surface area contributed by atoms with Crippen LogP contribution in [-0.2, 0) is 6.18 Å². The van der Waals surface area contributed by atoms with Crippen molar-refractivity contribution >= 4 is 17.4 Å². The molecule has 3 nitrogen and oxygen atoms in total. The maximum atomic E-state index is 12.8. The normalized spacial score (nSPS) is 10.9. The van der Waals surface area contributed by atoms with Gasteiger partial charge in [-0.3, -0.25) is 4.79 Å². The van der Waals surface area contributed by atoms with Crippen molar-refractivity contribution in [1.82, 2.24) is 0 Å². The van der Waals surface area contributed by atoms with E-state index in [9.17, 15) is 18.0 Å². The second-order valence-corrected chi connectivity index (χ2v) is 3.53. The van der Waals surface area contributed by atoms with E-state index in [1.165, 1.54) is 13.2 Å². The number of methoxy groups -OCH3 is 1. The van der Waals surface area contributed by atoms with E-state index in [-0.39, 0.29) is 5.75 Å². The second kappa shape index (κ2) is 5.27. The Morgan fingerprint density at radius 2 is 2.11 bits per heavy atom. The maximum absolute atomic E-state index is 12.8. The highest BCUT2D eigenvalue weighted by molar-refractivity contribution is 6.30. The van der Waals surface area contributed by atoms with Crippen LogP contribution in [0.1, 0.15) is 21.5 Å². The number of hydrogen-bond acceptors (Lipinski definition) is 3. The van der Waals surface area contributed by atoms with Crippen molar-refractivity contribution in [2.24, 2.45) is 0 Å². The maximum Gasteiger partial charge on any atom is 0.418 e. The lowest BCUT2D eigenvalue weighted by atomic mass is 9.98. The van der Waals surface area contributed by atoms with Gasteiger partial charge < -0.3 is 4.74 Å². The van der Waals surface area contributed by atoms with Crippen LogP contribution in [0.5, 0.6) is 5.75 Å². The lowest BCUT2D eigenvalue weighted by molar-refractivity contribution is -0.138. The number of ketones is 1. The summed E-state index contributed by atoms with van der Waals surface area (Å²) < 4.78 is 43.3. The fraction of sp³-hybridized carbons (Fsp3) is 0.273. The Kier molecular flexibility index (Phi) is 4.19. The van der Waals surface area contributed by atoms with Gasteiger partial charge in [0.2, 0.25) is 0 Å². The van der Waals surface area contributed by atoms with Gasteiger partial charge in [-0.2, -0.15) is 18.4 Å². The summed E-state index contributed by atoms with van der Waals surface area (Å²) in [5.41, 5.74) is -2.61. The van der Waals surface area contributed by atoms with E-state index in [1.807, 2.05) is 0 Å². The molecule has 1 aromatic carbocycles. The van der Waals surface area contributed by atoms with E-state index < -0.39 is 34.5 Å². The van der Waals surface area contributed by atoms with Gasteiger partial charge in [0.25, 0.3) is 0 Å². The Morgan fingerprint density at radius 3 is 2.50 bits per heavy atom. The van der Waals surface area contributed by atoms with Crippen LogP contribution in [0.4, 0.5) is 13.2 Å². The van der Waals surface area contributed by atoms with Crippen LogP contribution >= 0.6 is 11.6 Å². The summed E-state index contributed by atoms with van der Waals surface area (Å²) in [5, 5.41) is 8.73. The Labute approximate surface area is 106 Å². The number of Topliss-reactive ketones (excluding diaryl/α,β-unsaturated/α-hetero) is 1. The summed E-state index contributed by atoms with van der Waals surface area (Å²) in [7, 11) is 1.22. The number of nitriles is 1. The summed E-state index contributed by atoms with van der Waals surface area (Å²) in [5.74, 6) is -1.53. The second-order valence-electron chi connectivity index (χ2n) is 3.26. The Hall–Kier alpha value is -1.74. The van der Waals surface area contributed by atoms with Gasteiger partial charge in [0.15, 0.2) is 5.78 Å². The topological polar surface area (TPSA) is 50.1 Å². The van der Waals surface area contributed by atoms with Crippen molar-refractivity contribution in [2.75, 3.05) is 13.0 Å². The van der Waals surface area contributed by atoms with E-state index in [0.29, 0.717) is 0 Å². The molecule has 0 amide bonds. The molecule has 96 valence electrons. The van der Waals surface area contributed by atoms with E-state index in [2.05, 4.69) is 0 Å². The molecule has 0 N–H and O–H groups in total. The first kappa shape index (κ1) is 14.3. The van der Waals surface area contributed by atoms with Crippen LogP contribution in [0.3, 0.4) is 0 Å². The number of benzene rings is 1. The molecule has 0 heterocycles. The Balaban J connectivity index is 3.64. The lowest BCUT2D eigenvalue weighted by Gasteiger charge is -2.14. The van der Waals surface area contributed by atoms with Gasteiger partial charge in [0.1, 0.15) is 5.75 Å². The zero-order valence-corrected chi connectivity index (χ0v) is 9.89. The predicted octanol–water partition coefficient (Wildman–Crippen LogP) is 3.01. The zero-order valence-electron chi connectivity index (χ0n) is 9.14. The Bertz CT molecular complexity index is 520. The fourth-order valence-corrected chi connectivity index (χ4v) is 1.56. The minimum absolute atomic E-state index is 0.00647. The quantitative estimate of drug-likeness (QED) is 0.630. The molecule has 0 aromatic heterocycles. The van der Waals surface area contributed by atoms with E-state index in [4.69, 9.17) is 21.6 Å². The van der Waals surface area contributed by atoms with Crippen LogP contribution in [0.25, 0.3) is 0 Å². The highest BCUT2D eigenvalue weighted by atomic mass is 35.5. The van der Waals surface area contributed by atoms with Gasteiger partial charge in [0, 0.05) is 5.56 Å². The number of rotatable bonds is 3. The van der Waals surface area contributed by atoms with Crippen LogP contribution in [0.2, 0.25) is 0 Å². The highest BCUT2D eigenvalue weighted by Gasteiger charge is 2.38. The monoisotopic (exact) mass is 277 g/mol. The molecule has 1 rings (SSSR count). The molecule has 0 atom stereocenters. The van der Waals surface area contributed by atoms with Gasteiger partial charge in [-0.15, -0.1) is 11.6 Å². The molecule has 1 aromatic rings. The van der Waals surface area contributed by atoms with Crippen LogP contribution in [-0.4, -0.2) is 18.8 Å². The number of hydrogen-bond donors (Lipinski definition) is 0. The van der Waals surface area contributed by atoms with Gasteiger partial charge in [0.05, 0.1) is 30.2 Å². The molecule has 0 saturated heterocycles. The van der Waals surface area contributed by atoms with E-state index in [1.54, 1.807) is 0 Å². The first-order valence-corrected chi connectivity index (χ1v) is 5.17. The molecule has 0 unspecified atom stereocenters. The van der Waals surface area contributed by atoms with Crippen molar-refractivity contribution in [3.63, 3.8) is 0 Å². The smallest absolute Gasteiger partial charge is 0.418 e. The third-order valence-electron chi connectivity index (χ3n) is 2.17. The molecular weight excluding hydrogens is 271 g/mol. The molecule has 0 aliphatic heterocycles. The summed E-state index contributed by atoms with van der Waals surface area (Å²) in [4.78, 5) is 11.4. The molecule has 0 aliphatic carbocycles. The SMILES string of the molecule is COc1cc(C#N)c(C(F)(F)F)c(C(=O)CCl)c1. The largest absolute Gasteiger partial charge is 0.497 e. The molecule has 0 saturated carbocycles. The minimum atomic E-state index is -4.81. The molecule has 0 bridgehead atoms. The van der Waals surface area contributed by atoms with Gasteiger partial charge >= 0.3 is 6.18 Å². The molecule has 7 heteroatoms. The number of halogens is 4. The van der Waals surface area contributed by atoms with Crippen LogP contribution in [0.15, 0.2) is 12.1 Å². The molecule has 0 fully saturated rings. The van der Waals surface area contributed by atoms with Crippen molar-refractivity contribution in [1.29, 1.82) is 5.26 Å². The third-order valence-corrected chi connectivity index (χ3v) is 2.42. The van der Waals surface area contributed by atoms with Crippen molar-refractivity contribution in [3.8, 4) is 11.8 Å². The van der Waals surface area contributed by atoms with Crippen LogP contribution in [0, 0.1) is 11.3 Å². The summed E-state index contributed by atoms with van der Waals surface area (Å²) in [6.45, 7) is 0. The molecule has 0 spiro atoms. The number of carbonyl (C=O) groups excluding carboxylic acids is 1. The third kappa shape index (κ3) is 2.74. The average molecular weight is 278 g/mol. The number of carbonyl (C=O) groups is 1. The van der Waals surface area contributed by atoms with Gasteiger partial charge in [-0.25, -0.2) is 0 Å². The van der Waals surface area contributed by atoms with Crippen molar-refractivity contribution in [2.45, 2.75) is 6.18 Å². The Morgan fingerprint density at radius 1 is 1.50 bits per heavy atom. The standard InChI is InChI=1S/C11H7ClF3NO2/c1-18-7-2-6(5-16)10(11(13,14)15)8(3-7)9(17)4-12/h2-3H,4H2,1H3. The first-order chi connectivity index (χ1) is 8.35. The molecular formula is C11H7ClF3NO2. The van der Waals surface area contributed by atoms with E-state index >= 15 is 0 Å². The molecule has 0 aliphatic rings. The first-order valence-electron chi connectivity index (χ1n) is 4.63. The average Bonchev–Trinajstić information content (AvgIpc) is 2.34. The summed E-state index contributed by atoms with van der Waals surface area (Å²) in [6.07, 6.45) is -4.81. The van der Waals surface area contributed by atoms with Crippen molar-refractivity contribution in [3.05, 3.63) is 28.8 Å². The number of alkyl halides is 4. The molecule has 18 heavy (non-hydrogen) atoms. The number of ether oxygens (including phenoxy) is 1. The lowest BCUT2D eigenvalue weighted by Crippen LogP contribution is -2.16. The van der Waals surface area contributed by atoms with Gasteiger partial charge in [-0.1, -0.05) is 0 Å². The van der Waals surface area contributed by atoms with Gasteiger partial charge in [-0.05, 0) is 12.1 Å². The summed E-state index contributed by atoms with van der Waals surface area (Å²) in [6, 6.07) is 3.25. The summed E-state index contributed by atoms with van der Waals surface area (Å²) >= 11 is 5.26. The highest BCUT2D eigenvalue weighted by Crippen LogP contribution is 2.37. The van der Waals surface area contributed by atoms with E-state index in [0.717, 1.165) is 12.1 Å². The van der Waals surface area contributed by atoms with Crippen LogP contribution < -0.4 is 4.74 Å². The minimum Gasteiger partial charge on any atom is -0.497 e. The zero-order chi connectivity index (χ0) is 13.9. The number of nitrogens with zero attached hydrogens (tertiary/aromatic N) is 1.